The molecule has 4 nitrogen and oxygen atoms in total. The third-order valence-electron chi connectivity index (χ3n) is 8.17. The highest BCUT2D eigenvalue weighted by molar-refractivity contribution is 6.26. The molecule has 194 valence electrons. The number of aromatic nitrogens is 2. The molecule has 8 rings (SSSR count). The molecule has 0 spiro atoms. The summed E-state index contributed by atoms with van der Waals surface area (Å²) >= 11 is 0. The number of hydrogen-bond donors (Lipinski definition) is 0. The SMILES string of the molecule is N#Cc1cccc(C#N)c1-c1c2c(cc3c4ccccc4n(-c4ccccc4)c13)c1ccccc1n2-c1ccccc1. The lowest BCUT2D eigenvalue weighted by atomic mass is 9.91. The van der Waals surface area contributed by atoms with E-state index in [0.717, 1.165) is 60.5 Å². The van der Waals surface area contributed by atoms with Crippen LogP contribution in [0.2, 0.25) is 0 Å². The van der Waals surface area contributed by atoms with Crippen LogP contribution in [0.25, 0.3) is 66.1 Å². The monoisotopic (exact) mass is 534 g/mol. The van der Waals surface area contributed by atoms with Crippen molar-refractivity contribution in [2.75, 3.05) is 0 Å². The maximum atomic E-state index is 10.4. The van der Waals surface area contributed by atoms with Crippen LogP contribution in [-0.4, -0.2) is 9.13 Å². The molecule has 0 amide bonds. The second-order valence-corrected chi connectivity index (χ2v) is 10.4. The van der Waals surface area contributed by atoms with Crippen LogP contribution in [-0.2, 0) is 0 Å². The Balaban J connectivity index is 1.76. The predicted molar refractivity (Wildman–Crippen MR) is 170 cm³/mol. The van der Waals surface area contributed by atoms with Crippen molar-refractivity contribution in [2.24, 2.45) is 0 Å². The van der Waals surface area contributed by atoms with Crippen LogP contribution in [0.15, 0.2) is 133 Å². The maximum Gasteiger partial charge on any atom is 0.0998 e. The van der Waals surface area contributed by atoms with Gasteiger partial charge in [-0.3, -0.25) is 0 Å². The smallest absolute Gasteiger partial charge is 0.0998 e. The average molecular weight is 535 g/mol. The van der Waals surface area contributed by atoms with E-state index in [-0.39, 0.29) is 0 Å². The van der Waals surface area contributed by atoms with Crippen molar-refractivity contribution in [2.45, 2.75) is 0 Å². The van der Waals surface area contributed by atoms with Gasteiger partial charge in [0.25, 0.3) is 0 Å². The van der Waals surface area contributed by atoms with E-state index in [1.807, 2.05) is 48.5 Å². The summed E-state index contributed by atoms with van der Waals surface area (Å²) in [5.74, 6) is 0. The minimum Gasteiger partial charge on any atom is -0.309 e. The summed E-state index contributed by atoms with van der Waals surface area (Å²) in [7, 11) is 0. The largest absolute Gasteiger partial charge is 0.309 e. The number of para-hydroxylation sites is 4. The Morgan fingerprint density at radius 1 is 0.405 bits per heavy atom. The molecule has 0 radical (unpaired) electrons. The molecule has 0 atom stereocenters. The highest BCUT2D eigenvalue weighted by Crippen LogP contribution is 2.47. The summed E-state index contributed by atoms with van der Waals surface area (Å²) < 4.78 is 4.56. The van der Waals surface area contributed by atoms with E-state index >= 15 is 0 Å². The molecule has 4 heteroatoms. The number of rotatable bonds is 3. The Bertz CT molecular complexity index is 2250. The van der Waals surface area contributed by atoms with Gasteiger partial charge in [-0.15, -0.1) is 0 Å². The fourth-order valence-electron chi connectivity index (χ4n) is 6.51. The molecule has 0 aliphatic rings. The van der Waals surface area contributed by atoms with Gasteiger partial charge in [0, 0.05) is 44.0 Å². The van der Waals surface area contributed by atoms with E-state index in [9.17, 15) is 10.5 Å². The fraction of sp³-hybridized carbons (Fsp3) is 0. The van der Waals surface area contributed by atoms with E-state index in [2.05, 4.69) is 100 Å². The third-order valence-corrected chi connectivity index (χ3v) is 8.17. The van der Waals surface area contributed by atoms with Gasteiger partial charge in [0.2, 0.25) is 0 Å². The molecule has 0 aliphatic carbocycles. The van der Waals surface area contributed by atoms with Gasteiger partial charge in [-0.05, 0) is 54.6 Å². The molecule has 2 aromatic heterocycles. The van der Waals surface area contributed by atoms with E-state index in [0.29, 0.717) is 16.7 Å². The van der Waals surface area contributed by atoms with Crippen LogP contribution < -0.4 is 0 Å². The van der Waals surface area contributed by atoms with Gasteiger partial charge < -0.3 is 9.13 Å². The Labute approximate surface area is 242 Å². The van der Waals surface area contributed by atoms with Crippen molar-refractivity contribution in [1.29, 1.82) is 10.5 Å². The highest BCUT2D eigenvalue weighted by atomic mass is 15.0. The zero-order chi connectivity index (χ0) is 28.2. The molecule has 6 aromatic carbocycles. The first-order valence-electron chi connectivity index (χ1n) is 13.8. The molecule has 0 saturated heterocycles. The quantitative estimate of drug-likeness (QED) is 0.227. The van der Waals surface area contributed by atoms with Crippen LogP contribution in [0.5, 0.6) is 0 Å². The van der Waals surface area contributed by atoms with E-state index in [1.54, 1.807) is 6.07 Å². The molecule has 0 bridgehead atoms. The lowest BCUT2D eigenvalue weighted by molar-refractivity contribution is 1.16. The number of hydrogen-bond acceptors (Lipinski definition) is 2. The van der Waals surface area contributed by atoms with Crippen molar-refractivity contribution >= 4 is 43.6 Å². The summed E-state index contributed by atoms with van der Waals surface area (Å²) in [6, 6.07) is 50.0. The predicted octanol–water partition coefficient (Wildman–Crippen LogP) is 9.29. The summed E-state index contributed by atoms with van der Waals surface area (Å²) in [6.45, 7) is 0. The number of benzene rings is 6. The minimum atomic E-state index is 0.470. The molecular formula is C38H22N4. The summed E-state index contributed by atoms with van der Waals surface area (Å²) in [5.41, 5.74) is 8.55. The minimum absolute atomic E-state index is 0.470. The zero-order valence-corrected chi connectivity index (χ0v) is 22.5. The van der Waals surface area contributed by atoms with Crippen molar-refractivity contribution in [1.82, 2.24) is 9.13 Å². The van der Waals surface area contributed by atoms with Crippen molar-refractivity contribution in [3.63, 3.8) is 0 Å². The van der Waals surface area contributed by atoms with E-state index in [4.69, 9.17) is 0 Å². The Morgan fingerprint density at radius 3 is 1.29 bits per heavy atom. The normalized spacial score (nSPS) is 11.3. The Kier molecular flexibility index (Phi) is 5.22. The number of nitrogens with zero attached hydrogens (tertiary/aromatic N) is 4. The first-order chi connectivity index (χ1) is 20.8. The third kappa shape index (κ3) is 3.27. The van der Waals surface area contributed by atoms with Crippen LogP contribution in [0.1, 0.15) is 11.1 Å². The first-order valence-corrected chi connectivity index (χ1v) is 13.8. The second-order valence-electron chi connectivity index (χ2n) is 10.4. The van der Waals surface area contributed by atoms with Crippen LogP contribution in [0.4, 0.5) is 0 Å². The molecule has 2 heterocycles. The van der Waals surface area contributed by atoms with Gasteiger partial charge in [0.15, 0.2) is 0 Å². The lowest BCUT2D eigenvalue weighted by Gasteiger charge is -2.17. The molecular weight excluding hydrogens is 512 g/mol. The molecule has 0 N–H and O–H groups in total. The molecule has 0 fully saturated rings. The summed E-state index contributed by atoms with van der Waals surface area (Å²) in [5, 5.41) is 25.2. The van der Waals surface area contributed by atoms with Gasteiger partial charge in [0.1, 0.15) is 0 Å². The van der Waals surface area contributed by atoms with Gasteiger partial charge in [-0.25, -0.2) is 0 Å². The van der Waals surface area contributed by atoms with Gasteiger partial charge in [-0.2, -0.15) is 10.5 Å². The molecule has 0 aliphatic heterocycles. The maximum absolute atomic E-state index is 10.4. The Morgan fingerprint density at radius 2 is 0.833 bits per heavy atom. The number of fused-ring (bicyclic) bond motifs is 6. The number of nitriles is 2. The van der Waals surface area contributed by atoms with Gasteiger partial charge in [-0.1, -0.05) is 78.9 Å². The van der Waals surface area contributed by atoms with Crippen molar-refractivity contribution < 1.29 is 0 Å². The standard InChI is InChI=1S/C38H22N4/c39-23-25-12-11-13-26(24-40)35(25)36-37-31(29-18-7-9-20-33(29)41(37)27-14-3-1-4-15-27)22-32-30-19-8-10-21-34(30)42(38(32)36)28-16-5-2-6-17-28/h1-22H. The molecule has 42 heavy (non-hydrogen) atoms. The molecule has 0 unspecified atom stereocenters. The fourth-order valence-corrected chi connectivity index (χ4v) is 6.51. The van der Waals surface area contributed by atoms with Gasteiger partial charge >= 0.3 is 0 Å². The lowest BCUT2D eigenvalue weighted by Crippen LogP contribution is -2.01. The van der Waals surface area contributed by atoms with E-state index < -0.39 is 0 Å². The molecule has 8 aromatic rings. The van der Waals surface area contributed by atoms with Gasteiger partial charge in [0.05, 0.1) is 45.3 Å². The summed E-state index contributed by atoms with van der Waals surface area (Å²) in [4.78, 5) is 0. The summed E-state index contributed by atoms with van der Waals surface area (Å²) in [6.07, 6.45) is 0. The highest BCUT2D eigenvalue weighted by Gasteiger charge is 2.27. The van der Waals surface area contributed by atoms with Crippen LogP contribution in [0, 0.1) is 22.7 Å². The van der Waals surface area contributed by atoms with Crippen LogP contribution >= 0.6 is 0 Å². The van der Waals surface area contributed by atoms with Crippen molar-refractivity contribution in [3.8, 4) is 34.6 Å². The second kappa shape index (κ2) is 9.24. The Hall–Kier alpha value is -6.10. The van der Waals surface area contributed by atoms with Crippen LogP contribution in [0.3, 0.4) is 0 Å². The first kappa shape index (κ1) is 23.8. The molecule has 0 saturated carbocycles. The average Bonchev–Trinajstić information content (AvgIpc) is 3.57. The topological polar surface area (TPSA) is 57.4 Å². The zero-order valence-electron chi connectivity index (χ0n) is 22.5. The van der Waals surface area contributed by atoms with Crippen molar-refractivity contribution in [3.05, 3.63) is 145 Å². The van der Waals surface area contributed by atoms with E-state index in [1.165, 1.54) is 0 Å².